The van der Waals surface area contributed by atoms with E-state index in [0.29, 0.717) is 18.8 Å². The first-order chi connectivity index (χ1) is 12.0. The van der Waals surface area contributed by atoms with Gasteiger partial charge in [-0.25, -0.2) is 0 Å². The minimum atomic E-state index is -0.0937. The second-order valence-electron chi connectivity index (χ2n) is 5.86. The zero-order valence-electron chi connectivity index (χ0n) is 13.7. The molecule has 0 saturated carbocycles. The van der Waals surface area contributed by atoms with Crippen LogP contribution in [0.25, 0.3) is 0 Å². The number of carbonyl (C=O) groups is 1. The molecule has 0 aliphatic heterocycles. The summed E-state index contributed by atoms with van der Waals surface area (Å²) in [6, 6.07) is 16.0. The lowest BCUT2D eigenvalue weighted by molar-refractivity contribution is -0.115. The van der Waals surface area contributed by atoms with Crippen LogP contribution in [0.5, 0.6) is 0 Å². The molecule has 1 heterocycles. The molecule has 0 atom stereocenters. The van der Waals surface area contributed by atoms with Crippen molar-refractivity contribution in [2.75, 3.05) is 5.32 Å². The number of hydrogen-bond acceptors (Lipinski definition) is 2. The van der Waals surface area contributed by atoms with Gasteiger partial charge < -0.3 is 5.32 Å². The van der Waals surface area contributed by atoms with Gasteiger partial charge in [0, 0.05) is 10.7 Å². The number of carbonyl (C=O) groups excluding carboxylic acids is 1. The van der Waals surface area contributed by atoms with Crippen LogP contribution in [0, 0.1) is 6.92 Å². The highest BCUT2D eigenvalue weighted by molar-refractivity contribution is 9.10. The summed E-state index contributed by atoms with van der Waals surface area (Å²) in [6.07, 6.45) is 2.18. The van der Waals surface area contributed by atoms with Gasteiger partial charge in [0.2, 0.25) is 5.91 Å². The van der Waals surface area contributed by atoms with Gasteiger partial charge in [-0.1, -0.05) is 57.9 Å². The topological polar surface area (TPSA) is 46.9 Å². The van der Waals surface area contributed by atoms with Crippen LogP contribution in [0.1, 0.15) is 16.7 Å². The third kappa shape index (κ3) is 5.03. The van der Waals surface area contributed by atoms with Crippen LogP contribution >= 0.6 is 31.9 Å². The molecule has 0 spiro atoms. The fourth-order valence-electron chi connectivity index (χ4n) is 2.52. The van der Waals surface area contributed by atoms with Crippen molar-refractivity contribution in [3.63, 3.8) is 0 Å². The van der Waals surface area contributed by atoms with Gasteiger partial charge in [-0.05, 0) is 46.1 Å². The first kappa shape index (κ1) is 17.9. The predicted octanol–water partition coefficient (Wildman–Crippen LogP) is 4.95. The number of amides is 1. The van der Waals surface area contributed by atoms with Crippen molar-refractivity contribution in [1.29, 1.82) is 0 Å². The van der Waals surface area contributed by atoms with Crippen molar-refractivity contribution < 1.29 is 4.79 Å². The monoisotopic (exact) mass is 461 g/mol. The molecule has 0 bridgehead atoms. The second kappa shape index (κ2) is 7.97. The number of rotatable bonds is 5. The maximum Gasteiger partial charge on any atom is 0.230 e. The molecule has 0 unspecified atom stereocenters. The molecule has 3 aromatic rings. The van der Waals surface area contributed by atoms with Gasteiger partial charge in [-0.3, -0.25) is 9.48 Å². The van der Waals surface area contributed by atoms with E-state index in [0.717, 1.165) is 14.5 Å². The van der Waals surface area contributed by atoms with Crippen molar-refractivity contribution in [1.82, 2.24) is 9.78 Å². The van der Waals surface area contributed by atoms with Crippen molar-refractivity contribution in [3.8, 4) is 0 Å². The summed E-state index contributed by atoms with van der Waals surface area (Å²) >= 11 is 6.85. The third-order valence-corrected chi connectivity index (χ3v) is 4.79. The Morgan fingerprint density at radius 2 is 1.88 bits per heavy atom. The lowest BCUT2D eigenvalue weighted by Gasteiger charge is -2.04. The summed E-state index contributed by atoms with van der Waals surface area (Å²) in [7, 11) is 0. The standard InChI is InChI=1S/C19H17Br2N3O/c1-13-3-2-4-15(9-13)11-24-12-17(21)19(23-24)22-18(25)10-14-5-7-16(20)8-6-14/h2-9,12H,10-11H2,1H3,(H,22,23,25). The number of aryl methyl sites for hydroxylation is 1. The minimum Gasteiger partial charge on any atom is -0.308 e. The maximum atomic E-state index is 12.2. The van der Waals surface area contributed by atoms with E-state index >= 15 is 0 Å². The Hall–Kier alpha value is -1.92. The van der Waals surface area contributed by atoms with Gasteiger partial charge in [-0.2, -0.15) is 5.10 Å². The van der Waals surface area contributed by atoms with Crippen LogP contribution in [0.3, 0.4) is 0 Å². The zero-order chi connectivity index (χ0) is 17.8. The van der Waals surface area contributed by atoms with E-state index in [1.54, 1.807) is 0 Å². The minimum absolute atomic E-state index is 0.0937. The SMILES string of the molecule is Cc1cccc(Cn2cc(Br)c(NC(=O)Cc3ccc(Br)cc3)n2)c1. The Morgan fingerprint density at radius 3 is 2.60 bits per heavy atom. The Morgan fingerprint density at radius 1 is 1.12 bits per heavy atom. The van der Waals surface area contributed by atoms with Crippen LogP contribution in [0.2, 0.25) is 0 Å². The van der Waals surface area contributed by atoms with Crippen LogP contribution in [0.4, 0.5) is 5.82 Å². The molecule has 25 heavy (non-hydrogen) atoms. The lowest BCUT2D eigenvalue weighted by atomic mass is 10.1. The highest BCUT2D eigenvalue weighted by atomic mass is 79.9. The molecule has 1 N–H and O–H groups in total. The molecule has 0 aliphatic carbocycles. The quantitative estimate of drug-likeness (QED) is 0.583. The fourth-order valence-corrected chi connectivity index (χ4v) is 3.20. The van der Waals surface area contributed by atoms with E-state index < -0.39 is 0 Å². The molecular formula is C19H17Br2N3O. The largest absolute Gasteiger partial charge is 0.308 e. The number of halogens is 2. The van der Waals surface area contributed by atoms with Crippen molar-refractivity contribution in [3.05, 3.63) is 80.4 Å². The van der Waals surface area contributed by atoms with E-state index in [1.807, 2.05) is 41.2 Å². The van der Waals surface area contributed by atoms with Crippen molar-refractivity contribution in [2.24, 2.45) is 0 Å². The molecule has 3 rings (SSSR count). The van der Waals surface area contributed by atoms with Crippen LogP contribution < -0.4 is 5.32 Å². The summed E-state index contributed by atoms with van der Waals surface area (Å²) in [5, 5.41) is 7.32. The van der Waals surface area contributed by atoms with Gasteiger partial charge >= 0.3 is 0 Å². The Labute approximate surface area is 163 Å². The summed E-state index contributed by atoms with van der Waals surface area (Å²) < 4.78 is 3.58. The molecule has 0 saturated heterocycles. The number of hydrogen-bond donors (Lipinski definition) is 1. The molecule has 2 aromatic carbocycles. The highest BCUT2D eigenvalue weighted by Crippen LogP contribution is 2.21. The van der Waals surface area contributed by atoms with Gasteiger partial charge in [0.1, 0.15) is 0 Å². The Balaban J connectivity index is 1.65. The number of benzene rings is 2. The number of anilines is 1. The number of nitrogens with one attached hydrogen (secondary N) is 1. The van der Waals surface area contributed by atoms with E-state index in [4.69, 9.17) is 0 Å². The normalized spacial score (nSPS) is 10.7. The molecule has 1 amide bonds. The van der Waals surface area contributed by atoms with Crippen LogP contribution in [-0.2, 0) is 17.8 Å². The van der Waals surface area contributed by atoms with E-state index in [9.17, 15) is 4.79 Å². The van der Waals surface area contributed by atoms with Crippen molar-refractivity contribution in [2.45, 2.75) is 19.9 Å². The van der Waals surface area contributed by atoms with Gasteiger partial charge in [0.15, 0.2) is 5.82 Å². The molecule has 1 aromatic heterocycles. The van der Waals surface area contributed by atoms with E-state index in [1.165, 1.54) is 11.1 Å². The molecule has 0 fully saturated rings. The molecular weight excluding hydrogens is 446 g/mol. The zero-order valence-corrected chi connectivity index (χ0v) is 16.8. The van der Waals surface area contributed by atoms with Gasteiger partial charge in [-0.15, -0.1) is 0 Å². The molecule has 4 nitrogen and oxygen atoms in total. The highest BCUT2D eigenvalue weighted by Gasteiger charge is 2.11. The maximum absolute atomic E-state index is 12.2. The lowest BCUT2D eigenvalue weighted by Crippen LogP contribution is -2.15. The van der Waals surface area contributed by atoms with Crippen LogP contribution in [0.15, 0.2) is 63.7 Å². The summed E-state index contributed by atoms with van der Waals surface area (Å²) in [5.41, 5.74) is 3.34. The molecule has 0 aliphatic rings. The van der Waals surface area contributed by atoms with Gasteiger partial charge in [0.25, 0.3) is 0 Å². The van der Waals surface area contributed by atoms with Gasteiger partial charge in [0.05, 0.1) is 17.4 Å². The Kier molecular flexibility index (Phi) is 5.71. The smallest absolute Gasteiger partial charge is 0.230 e. The average Bonchev–Trinajstić information content (AvgIpc) is 2.89. The molecule has 6 heteroatoms. The first-order valence-electron chi connectivity index (χ1n) is 7.82. The molecule has 0 radical (unpaired) electrons. The second-order valence-corrected chi connectivity index (χ2v) is 7.63. The number of nitrogens with zero attached hydrogens (tertiary/aromatic N) is 2. The van der Waals surface area contributed by atoms with Crippen LogP contribution in [-0.4, -0.2) is 15.7 Å². The predicted molar refractivity (Wildman–Crippen MR) is 107 cm³/mol. The van der Waals surface area contributed by atoms with E-state index in [2.05, 4.69) is 67.4 Å². The third-order valence-electron chi connectivity index (χ3n) is 3.68. The average molecular weight is 463 g/mol. The summed E-state index contributed by atoms with van der Waals surface area (Å²) in [5.74, 6) is 0.443. The first-order valence-corrected chi connectivity index (χ1v) is 9.41. The Bertz CT molecular complexity index is 888. The van der Waals surface area contributed by atoms with E-state index in [-0.39, 0.29) is 5.91 Å². The fraction of sp³-hybridized carbons (Fsp3) is 0.158. The number of aromatic nitrogens is 2. The summed E-state index contributed by atoms with van der Waals surface area (Å²) in [6.45, 7) is 2.72. The molecule has 128 valence electrons. The van der Waals surface area contributed by atoms with Crippen molar-refractivity contribution >= 4 is 43.6 Å². The summed E-state index contributed by atoms with van der Waals surface area (Å²) in [4.78, 5) is 12.2.